The molecular weight excluding hydrogens is 161 g/mol. The first-order valence-corrected chi connectivity index (χ1v) is 4.01. The highest BCUT2D eigenvalue weighted by atomic mass is 14.7. The van der Waals surface area contributed by atoms with Crippen molar-refractivity contribution < 1.29 is 0 Å². The summed E-state index contributed by atoms with van der Waals surface area (Å²) in [7, 11) is 0. The minimum atomic E-state index is 1.06. The zero-order chi connectivity index (χ0) is 9.10. The summed E-state index contributed by atoms with van der Waals surface area (Å²) < 4.78 is 0. The molecule has 1 heterocycles. The van der Waals surface area contributed by atoms with Crippen LogP contribution in [0, 0.1) is 6.57 Å². The Morgan fingerprint density at radius 3 is 3.00 bits per heavy atom. The van der Waals surface area contributed by atoms with Crippen molar-refractivity contribution in [1.29, 1.82) is 0 Å². The van der Waals surface area contributed by atoms with Crippen LogP contribution in [0.3, 0.4) is 0 Å². The number of aromatic nitrogens is 1. The Balaban J connectivity index is 2.59. The molecule has 0 aliphatic rings. The Morgan fingerprint density at radius 1 is 1.31 bits per heavy atom. The van der Waals surface area contributed by atoms with Gasteiger partial charge in [-0.2, -0.15) is 0 Å². The van der Waals surface area contributed by atoms with Crippen molar-refractivity contribution in [3.8, 4) is 0 Å². The van der Waals surface area contributed by atoms with Crippen LogP contribution in [0.1, 0.15) is 5.56 Å². The van der Waals surface area contributed by atoms with Crippen LogP contribution in [-0.4, -0.2) is 4.98 Å². The molecule has 2 heteroatoms. The molecule has 2 rings (SSSR count). The fraction of sp³-hybridized carbons (Fsp3) is 0. The van der Waals surface area contributed by atoms with Gasteiger partial charge in [0.15, 0.2) is 6.20 Å². The normalized spacial score (nSPS) is 10.7. The first-order valence-electron chi connectivity index (χ1n) is 4.01. The molecule has 2 aromatic rings. The Bertz CT molecular complexity index is 486. The first kappa shape index (κ1) is 7.63. The van der Waals surface area contributed by atoms with Crippen molar-refractivity contribution in [3.05, 3.63) is 53.6 Å². The Hall–Kier alpha value is -2.01. The summed E-state index contributed by atoms with van der Waals surface area (Å²) in [6, 6.07) is 8.03. The number of hydrogen-bond donors (Lipinski definition) is 1. The van der Waals surface area contributed by atoms with E-state index >= 15 is 0 Å². The van der Waals surface area contributed by atoms with Gasteiger partial charge in [-0.3, -0.25) is 0 Å². The number of nitrogens with zero attached hydrogens (tertiary/aromatic N) is 1. The lowest BCUT2D eigenvalue weighted by Crippen LogP contribution is -1.66. The molecule has 0 aliphatic carbocycles. The van der Waals surface area contributed by atoms with Gasteiger partial charge in [0.1, 0.15) is 0 Å². The standard InChI is InChI=1S/C11H8N2/c1-12-7-6-9-8-13-11-5-3-2-4-10(9)11/h2-8,13H/b7-6+/i1+1. The molecule has 0 fully saturated rings. The monoisotopic (exact) mass is 169 g/mol. The van der Waals surface area contributed by atoms with Crippen molar-refractivity contribution >= 4 is 17.0 Å². The van der Waals surface area contributed by atoms with Gasteiger partial charge in [0.05, 0.1) is 6.57 Å². The zero-order valence-corrected chi connectivity index (χ0v) is 6.99. The number of aromatic amines is 1. The van der Waals surface area contributed by atoms with Crippen molar-refractivity contribution in [3.63, 3.8) is 0 Å². The lowest BCUT2D eigenvalue weighted by atomic mass is 10.2. The predicted octanol–water partition coefficient (Wildman–Crippen LogP) is 3.06. The lowest BCUT2D eigenvalue weighted by Gasteiger charge is -1.88. The van der Waals surface area contributed by atoms with E-state index in [1.807, 2.05) is 36.5 Å². The molecule has 0 atom stereocenters. The summed E-state index contributed by atoms with van der Waals surface area (Å²) >= 11 is 0. The number of para-hydroxylation sites is 1. The Labute approximate surface area is 76.3 Å². The van der Waals surface area contributed by atoms with Gasteiger partial charge in [-0.25, -0.2) is 4.85 Å². The van der Waals surface area contributed by atoms with Crippen LogP contribution in [0.25, 0.3) is 21.8 Å². The van der Waals surface area contributed by atoms with Crippen LogP contribution in [0.15, 0.2) is 36.7 Å². The van der Waals surface area contributed by atoms with Crippen molar-refractivity contribution in [2.24, 2.45) is 0 Å². The summed E-state index contributed by atoms with van der Waals surface area (Å²) in [6.07, 6.45) is 5.19. The maximum absolute atomic E-state index is 6.64. The van der Waals surface area contributed by atoms with Gasteiger partial charge < -0.3 is 4.98 Å². The van der Waals surface area contributed by atoms with Gasteiger partial charge in [-0.05, 0) is 11.6 Å². The van der Waals surface area contributed by atoms with E-state index in [2.05, 4.69) is 9.83 Å². The molecule has 1 N–H and O–H groups in total. The quantitative estimate of drug-likeness (QED) is 0.500. The van der Waals surface area contributed by atoms with Crippen LogP contribution in [0.5, 0.6) is 0 Å². The molecule has 0 aliphatic heterocycles. The molecule has 2 nitrogen and oxygen atoms in total. The summed E-state index contributed by atoms with van der Waals surface area (Å²) in [5.41, 5.74) is 2.17. The summed E-state index contributed by atoms with van der Waals surface area (Å²) in [4.78, 5) is 6.32. The molecular formula is C11H8N2. The van der Waals surface area contributed by atoms with Crippen molar-refractivity contribution in [2.75, 3.05) is 0 Å². The second kappa shape index (κ2) is 3.16. The molecule has 1 aromatic heterocycles. The van der Waals surface area contributed by atoms with E-state index in [1.54, 1.807) is 0 Å². The van der Waals surface area contributed by atoms with Crippen LogP contribution in [0.4, 0.5) is 0 Å². The maximum atomic E-state index is 6.64. The fourth-order valence-electron chi connectivity index (χ4n) is 1.35. The molecule has 62 valence electrons. The second-order valence-electron chi connectivity index (χ2n) is 2.73. The average molecular weight is 169 g/mol. The van der Waals surface area contributed by atoms with E-state index in [9.17, 15) is 0 Å². The topological polar surface area (TPSA) is 20.1 Å². The predicted molar refractivity (Wildman–Crippen MR) is 53.9 cm³/mol. The highest BCUT2D eigenvalue weighted by Crippen LogP contribution is 2.18. The lowest BCUT2D eigenvalue weighted by molar-refractivity contribution is 1.47. The highest BCUT2D eigenvalue weighted by Gasteiger charge is 1.97. The van der Waals surface area contributed by atoms with Gasteiger partial charge in [-0.15, -0.1) is 0 Å². The van der Waals surface area contributed by atoms with Crippen LogP contribution in [0.2, 0.25) is 0 Å². The number of nitrogens with one attached hydrogen (secondary N) is 1. The molecule has 1 aromatic carbocycles. The van der Waals surface area contributed by atoms with Crippen LogP contribution < -0.4 is 0 Å². The number of rotatable bonds is 1. The SMILES string of the molecule is [13C-]#[N+]/C=C/c1c[nH]c2ccccc12. The summed E-state index contributed by atoms with van der Waals surface area (Å²) in [5, 5.41) is 1.16. The minimum absolute atomic E-state index is 1.06. The third-order valence-electron chi connectivity index (χ3n) is 1.95. The van der Waals surface area contributed by atoms with E-state index in [4.69, 9.17) is 6.57 Å². The fourth-order valence-corrected chi connectivity index (χ4v) is 1.35. The molecule has 0 bridgehead atoms. The van der Waals surface area contributed by atoms with Crippen molar-refractivity contribution in [1.82, 2.24) is 4.98 Å². The highest BCUT2D eigenvalue weighted by molar-refractivity contribution is 5.88. The Kier molecular flexibility index (Phi) is 1.85. The number of fused-ring (bicyclic) bond motifs is 1. The van der Waals surface area contributed by atoms with E-state index in [0.29, 0.717) is 0 Å². The smallest absolute Gasteiger partial charge is 0.154 e. The zero-order valence-electron chi connectivity index (χ0n) is 6.99. The van der Waals surface area contributed by atoms with Gasteiger partial charge in [0.2, 0.25) is 0 Å². The first-order chi connectivity index (χ1) is 6.42. The number of benzene rings is 1. The largest absolute Gasteiger partial charge is 0.361 e. The van der Waals surface area contributed by atoms with Gasteiger partial charge in [0.25, 0.3) is 0 Å². The third kappa shape index (κ3) is 1.32. The molecule has 13 heavy (non-hydrogen) atoms. The van der Waals surface area contributed by atoms with Gasteiger partial charge in [0, 0.05) is 17.1 Å². The van der Waals surface area contributed by atoms with E-state index in [1.165, 1.54) is 6.20 Å². The average Bonchev–Trinajstić information content (AvgIpc) is 2.58. The van der Waals surface area contributed by atoms with E-state index < -0.39 is 0 Å². The minimum Gasteiger partial charge on any atom is -0.361 e. The maximum Gasteiger partial charge on any atom is 0.154 e. The van der Waals surface area contributed by atoms with Gasteiger partial charge >= 0.3 is 0 Å². The molecule has 0 amide bonds. The number of H-pyrrole nitrogens is 1. The van der Waals surface area contributed by atoms with Crippen molar-refractivity contribution in [2.45, 2.75) is 0 Å². The third-order valence-corrected chi connectivity index (χ3v) is 1.95. The second-order valence-corrected chi connectivity index (χ2v) is 2.73. The van der Waals surface area contributed by atoms with E-state index in [0.717, 1.165) is 16.5 Å². The van der Waals surface area contributed by atoms with Crippen LogP contribution >= 0.6 is 0 Å². The summed E-state index contributed by atoms with van der Waals surface area (Å²) in [5.74, 6) is 0. The molecule has 0 saturated carbocycles. The van der Waals surface area contributed by atoms with Crippen LogP contribution in [-0.2, 0) is 0 Å². The Morgan fingerprint density at radius 2 is 2.15 bits per heavy atom. The number of hydrogen-bond acceptors (Lipinski definition) is 0. The molecule has 0 saturated heterocycles. The molecule has 0 spiro atoms. The van der Waals surface area contributed by atoms with Gasteiger partial charge in [-0.1, -0.05) is 24.3 Å². The van der Waals surface area contributed by atoms with E-state index in [-0.39, 0.29) is 0 Å². The molecule has 0 unspecified atom stereocenters. The summed E-state index contributed by atoms with van der Waals surface area (Å²) in [6.45, 7) is 6.64. The molecule has 0 radical (unpaired) electrons.